The SMILES string of the molecule is CC1CNC(C)(C2CC2)CN1C1(C)CCCOC1. The van der Waals surface area contributed by atoms with Gasteiger partial charge in [-0.15, -0.1) is 0 Å². The molecular weight excluding hydrogens is 224 g/mol. The van der Waals surface area contributed by atoms with Crippen LogP contribution in [0.15, 0.2) is 0 Å². The van der Waals surface area contributed by atoms with Crippen molar-refractivity contribution in [3.63, 3.8) is 0 Å². The van der Waals surface area contributed by atoms with E-state index in [9.17, 15) is 0 Å². The van der Waals surface area contributed by atoms with Crippen molar-refractivity contribution in [3.05, 3.63) is 0 Å². The van der Waals surface area contributed by atoms with E-state index >= 15 is 0 Å². The highest BCUT2D eigenvalue weighted by atomic mass is 16.5. The van der Waals surface area contributed by atoms with Gasteiger partial charge in [-0.3, -0.25) is 4.90 Å². The standard InChI is InChI=1S/C15H28N2O/c1-12-9-16-15(3,13-5-6-13)10-17(12)14(2)7-4-8-18-11-14/h12-13,16H,4-11H2,1-3H3. The largest absolute Gasteiger partial charge is 0.380 e. The molecule has 1 N–H and O–H groups in total. The number of hydrogen-bond donors (Lipinski definition) is 1. The van der Waals surface area contributed by atoms with Gasteiger partial charge >= 0.3 is 0 Å². The lowest BCUT2D eigenvalue weighted by molar-refractivity contribution is -0.0804. The summed E-state index contributed by atoms with van der Waals surface area (Å²) in [4.78, 5) is 2.74. The van der Waals surface area contributed by atoms with Crippen LogP contribution in [0.1, 0.15) is 46.5 Å². The Morgan fingerprint density at radius 3 is 2.67 bits per heavy atom. The van der Waals surface area contributed by atoms with Crippen LogP contribution in [0.2, 0.25) is 0 Å². The maximum Gasteiger partial charge on any atom is 0.0647 e. The van der Waals surface area contributed by atoms with Crippen LogP contribution in [-0.2, 0) is 4.74 Å². The number of piperazine rings is 1. The molecule has 0 aromatic rings. The molecule has 104 valence electrons. The van der Waals surface area contributed by atoms with Crippen LogP contribution in [0.5, 0.6) is 0 Å². The minimum absolute atomic E-state index is 0.260. The lowest BCUT2D eigenvalue weighted by Gasteiger charge is -2.54. The quantitative estimate of drug-likeness (QED) is 0.814. The molecule has 3 heteroatoms. The first kappa shape index (κ1) is 12.9. The van der Waals surface area contributed by atoms with Gasteiger partial charge in [-0.1, -0.05) is 0 Å². The first-order chi connectivity index (χ1) is 8.54. The van der Waals surface area contributed by atoms with Crippen molar-refractivity contribution in [1.82, 2.24) is 10.2 Å². The summed E-state index contributed by atoms with van der Waals surface area (Å²) in [5, 5.41) is 3.81. The van der Waals surface area contributed by atoms with E-state index in [4.69, 9.17) is 4.74 Å². The van der Waals surface area contributed by atoms with Crippen LogP contribution in [0, 0.1) is 5.92 Å². The molecule has 1 aliphatic carbocycles. The van der Waals surface area contributed by atoms with E-state index in [0.29, 0.717) is 11.6 Å². The third kappa shape index (κ3) is 2.21. The lowest BCUT2D eigenvalue weighted by Crippen LogP contribution is -2.69. The topological polar surface area (TPSA) is 24.5 Å². The smallest absolute Gasteiger partial charge is 0.0647 e. The predicted octanol–water partition coefficient (Wildman–Crippen LogP) is 2.02. The molecule has 0 aromatic carbocycles. The maximum atomic E-state index is 5.77. The van der Waals surface area contributed by atoms with Gasteiger partial charge in [0.05, 0.1) is 6.61 Å². The minimum Gasteiger partial charge on any atom is -0.380 e. The maximum absolute atomic E-state index is 5.77. The molecular formula is C15H28N2O. The second-order valence-electron chi connectivity index (χ2n) is 7.20. The van der Waals surface area contributed by atoms with Gasteiger partial charge in [0.15, 0.2) is 0 Å². The van der Waals surface area contributed by atoms with Gasteiger partial charge in [0.1, 0.15) is 0 Å². The average Bonchev–Trinajstić information content (AvgIpc) is 3.18. The van der Waals surface area contributed by atoms with Crippen LogP contribution >= 0.6 is 0 Å². The van der Waals surface area contributed by atoms with Gasteiger partial charge in [-0.25, -0.2) is 0 Å². The molecule has 0 amide bonds. The van der Waals surface area contributed by atoms with Crippen LogP contribution in [0.4, 0.5) is 0 Å². The van der Waals surface area contributed by atoms with Crippen LogP contribution < -0.4 is 5.32 Å². The van der Waals surface area contributed by atoms with Crippen LogP contribution in [-0.4, -0.2) is 48.3 Å². The monoisotopic (exact) mass is 252 g/mol. The number of nitrogens with one attached hydrogen (secondary N) is 1. The molecule has 1 saturated carbocycles. The second-order valence-corrected chi connectivity index (χ2v) is 7.20. The minimum atomic E-state index is 0.260. The fraction of sp³-hybridized carbons (Fsp3) is 1.00. The zero-order valence-electron chi connectivity index (χ0n) is 12.2. The van der Waals surface area contributed by atoms with E-state index in [0.717, 1.165) is 25.7 Å². The molecule has 3 aliphatic rings. The molecule has 0 spiro atoms. The van der Waals surface area contributed by atoms with Crippen molar-refractivity contribution in [1.29, 1.82) is 0 Å². The summed E-state index contributed by atoms with van der Waals surface area (Å²) in [5.74, 6) is 0.903. The summed E-state index contributed by atoms with van der Waals surface area (Å²) in [6, 6.07) is 0.628. The Kier molecular flexibility index (Phi) is 3.20. The lowest BCUT2D eigenvalue weighted by atomic mass is 9.84. The number of ether oxygens (including phenoxy) is 1. The summed E-state index contributed by atoms with van der Waals surface area (Å²) >= 11 is 0. The second kappa shape index (κ2) is 4.46. The Hall–Kier alpha value is -0.120. The molecule has 3 nitrogen and oxygen atoms in total. The summed E-state index contributed by atoms with van der Waals surface area (Å²) in [6.07, 6.45) is 5.34. The highest BCUT2D eigenvalue weighted by molar-refractivity contribution is 5.07. The highest BCUT2D eigenvalue weighted by Crippen LogP contribution is 2.43. The fourth-order valence-electron chi connectivity index (χ4n) is 3.92. The molecule has 3 atom stereocenters. The molecule has 2 aliphatic heterocycles. The summed E-state index contributed by atoms with van der Waals surface area (Å²) < 4.78 is 5.77. The van der Waals surface area contributed by atoms with Gasteiger partial charge in [0, 0.05) is 36.8 Å². The summed E-state index contributed by atoms with van der Waals surface area (Å²) in [6.45, 7) is 11.4. The van der Waals surface area contributed by atoms with Crippen LogP contribution in [0.25, 0.3) is 0 Å². The van der Waals surface area contributed by atoms with Crippen molar-refractivity contribution >= 4 is 0 Å². The number of rotatable bonds is 2. The molecule has 0 radical (unpaired) electrons. The summed E-state index contributed by atoms with van der Waals surface area (Å²) in [7, 11) is 0. The van der Waals surface area contributed by atoms with Gasteiger partial charge in [0.25, 0.3) is 0 Å². The van der Waals surface area contributed by atoms with Crippen molar-refractivity contribution in [2.75, 3.05) is 26.3 Å². The fourth-order valence-corrected chi connectivity index (χ4v) is 3.92. The first-order valence-electron chi connectivity index (χ1n) is 7.63. The molecule has 2 heterocycles. The average molecular weight is 252 g/mol. The zero-order valence-corrected chi connectivity index (χ0v) is 12.2. The van der Waals surface area contributed by atoms with Gasteiger partial charge in [-0.2, -0.15) is 0 Å². The predicted molar refractivity (Wildman–Crippen MR) is 73.8 cm³/mol. The van der Waals surface area contributed by atoms with Crippen molar-refractivity contribution in [3.8, 4) is 0 Å². The summed E-state index contributed by atoms with van der Waals surface area (Å²) in [5.41, 5.74) is 0.600. The Bertz CT molecular complexity index is 310. The number of nitrogens with zero attached hydrogens (tertiary/aromatic N) is 1. The molecule has 3 unspecified atom stereocenters. The van der Waals surface area contributed by atoms with E-state index in [1.807, 2.05) is 0 Å². The van der Waals surface area contributed by atoms with Crippen molar-refractivity contribution in [2.45, 2.75) is 63.6 Å². The molecule has 3 rings (SSSR count). The van der Waals surface area contributed by atoms with Gasteiger partial charge in [-0.05, 0) is 52.4 Å². The van der Waals surface area contributed by atoms with Crippen molar-refractivity contribution < 1.29 is 4.74 Å². The molecule has 3 fully saturated rings. The molecule has 0 aromatic heterocycles. The highest BCUT2D eigenvalue weighted by Gasteiger charge is 2.49. The third-order valence-corrected chi connectivity index (χ3v) is 5.42. The molecule has 2 saturated heterocycles. The first-order valence-corrected chi connectivity index (χ1v) is 7.63. The van der Waals surface area contributed by atoms with E-state index in [1.165, 1.54) is 32.2 Å². The Morgan fingerprint density at radius 2 is 2.06 bits per heavy atom. The van der Waals surface area contributed by atoms with Crippen molar-refractivity contribution in [2.24, 2.45) is 5.92 Å². The third-order valence-electron chi connectivity index (χ3n) is 5.42. The Labute approximate surface area is 111 Å². The normalized spacial score (nSPS) is 47.2. The van der Waals surface area contributed by atoms with E-state index in [2.05, 4.69) is 31.0 Å². The Morgan fingerprint density at radius 1 is 1.28 bits per heavy atom. The van der Waals surface area contributed by atoms with Crippen LogP contribution in [0.3, 0.4) is 0 Å². The van der Waals surface area contributed by atoms with E-state index in [-0.39, 0.29) is 5.54 Å². The van der Waals surface area contributed by atoms with Gasteiger partial charge in [0.2, 0.25) is 0 Å². The zero-order chi connectivity index (χ0) is 12.8. The molecule has 18 heavy (non-hydrogen) atoms. The Balaban J connectivity index is 1.76. The van der Waals surface area contributed by atoms with E-state index in [1.54, 1.807) is 0 Å². The molecule has 0 bridgehead atoms. The van der Waals surface area contributed by atoms with Gasteiger partial charge < -0.3 is 10.1 Å². The number of hydrogen-bond acceptors (Lipinski definition) is 3. The van der Waals surface area contributed by atoms with E-state index < -0.39 is 0 Å².